The van der Waals surface area contributed by atoms with Crippen LogP contribution in [0.5, 0.6) is 0 Å². The Morgan fingerprint density at radius 3 is 2.30 bits per heavy atom. The monoisotopic (exact) mass is 420 g/mol. The lowest BCUT2D eigenvalue weighted by Gasteiger charge is -2.35. The quantitative estimate of drug-likeness (QED) is 0.544. The normalized spacial score (nSPS) is 16.7. The van der Waals surface area contributed by atoms with Gasteiger partial charge >= 0.3 is 0 Å². The second kappa shape index (κ2) is 9.45. The van der Waals surface area contributed by atoms with Crippen molar-refractivity contribution in [3.05, 3.63) is 34.4 Å². The number of hydrogen-bond acceptors (Lipinski definition) is 6. The van der Waals surface area contributed by atoms with E-state index in [2.05, 4.69) is 0 Å². The fourth-order valence-corrected chi connectivity index (χ4v) is 4.54. The number of piperazine rings is 1. The average molecular weight is 421 g/mol. The molecule has 0 bridgehead atoms. The van der Waals surface area contributed by atoms with Crippen molar-refractivity contribution in [2.24, 2.45) is 11.7 Å². The van der Waals surface area contributed by atoms with Gasteiger partial charge in [-0.05, 0) is 18.4 Å². The lowest BCUT2D eigenvalue weighted by molar-refractivity contribution is -0.387. The van der Waals surface area contributed by atoms with Gasteiger partial charge in [-0.3, -0.25) is 14.9 Å². The number of halogens is 1. The number of nitrogens with two attached hydrogens (primary N) is 1. The first-order valence-electron chi connectivity index (χ1n) is 8.42. The summed E-state index contributed by atoms with van der Waals surface area (Å²) in [7, 11) is -4.00. The van der Waals surface area contributed by atoms with Crippen LogP contribution in [0, 0.1) is 16.0 Å². The van der Waals surface area contributed by atoms with Crippen LogP contribution in [0.2, 0.25) is 0 Å². The van der Waals surface area contributed by atoms with Crippen molar-refractivity contribution in [1.29, 1.82) is 0 Å². The molecule has 2 N–H and O–H groups in total. The molecule has 0 aromatic heterocycles. The van der Waals surface area contributed by atoms with Crippen molar-refractivity contribution < 1.29 is 18.1 Å². The standard InChI is InChI=1S/C16H24N4O5S.ClH/c1-12(2)11-13(17)16(21)18-7-9-19(10-8-18)26(24,25)15-6-4-3-5-14(15)20(22)23;/h3-6,12-13H,7-11,17H2,1-2H3;1H/t13-;/m0./s1. The van der Waals surface area contributed by atoms with E-state index in [1.54, 1.807) is 4.90 Å². The number of benzene rings is 1. The highest BCUT2D eigenvalue weighted by Crippen LogP contribution is 2.27. The molecule has 1 aromatic carbocycles. The van der Waals surface area contributed by atoms with Gasteiger partial charge in [0.05, 0.1) is 11.0 Å². The molecule has 0 radical (unpaired) electrons. The number of nitro groups is 1. The van der Waals surface area contributed by atoms with E-state index >= 15 is 0 Å². The Morgan fingerprint density at radius 2 is 1.78 bits per heavy atom. The highest BCUT2D eigenvalue weighted by molar-refractivity contribution is 7.89. The van der Waals surface area contributed by atoms with E-state index in [4.69, 9.17) is 5.73 Å². The Balaban J connectivity index is 0.00000364. The number of carbonyl (C=O) groups excluding carboxylic acids is 1. The molecule has 0 saturated carbocycles. The van der Waals surface area contributed by atoms with E-state index in [0.717, 1.165) is 6.07 Å². The van der Waals surface area contributed by atoms with Crippen LogP contribution in [0.3, 0.4) is 0 Å². The van der Waals surface area contributed by atoms with E-state index < -0.39 is 26.7 Å². The van der Waals surface area contributed by atoms with Crippen LogP contribution in [-0.2, 0) is 14.8 Å². The van der Waals surface area contributed by atoms with Gasteiger partial charge < -0.3 is 10.6 Å². The summed E-state index contributed by atoms with van der Waals surface area (Å²) in [4.78, 5) is 24.0. The number of nitro benzene ring substituents is 1. The topological polar surface area (TPSA) is 127 Å². The van der Waals surface area contributed by atoms with Gasteiger partial charge in [-0.25, -0.2) is 8.42 Å². The largest absolute Gasteiger partial charge is 0.339 e. The van der Waals surface area contributed by atoms with Crippen molar-refractivity contribution in [1.82, 2.24) is 9.21 Å². The highest BCUT2D eigenvalue weighted by atomic mass is 35.5. The van der Waals surface area contributed by atoms with Crippen LogP contribution in [0.1, 0.15) is 20.3 Å². The highest BCUT2D eigenvalue weighted by Gasteiger charge is 2.35. The molecule has 1 aromatic rings. The van der Waals surface area contributed by atoms with E-state index in [-0.39, 0.29) is 55.3 Å². The fourth-order valence-electron chi connectivity index (χ4n) is 2.96. The zero-order valence-electron chi connectivity index (χ0n) is 15.3. The predicted octanol–water partition coefficient (Wildman–Crippen LogP) is 1.22. The minimum Gasteiger partial charge on any atom is -0.339 e. The predicted molar refractivity (Wildman–Crippen MR) is 103 cm³/mol. The Morgan fingerprint density at radius 1 is 1.22 bits per heavy atom. The molecule has 1 saturated heterocycles. The first-order valence-corrected chi connectivity index (χ1v) is 9.86. The molecule has 1 atom stereocenters. The van der Waals surface area contributed by atoms with Crippen molar-refractivity contribution >= 4 is 34.0 Å². The summed E-state index contributed by atoms with van der Waals surface area (Å²) in [5.74, 6) is 0.0932. The molecular formula is C16H25ClN4O5S. The minimum absolute atomic E-state index is 0. The molecule has 1 fully saturated rings. The van der Waals surface area contributed by atoms with Crippen LogP contribution in [0.25, 0.3) is 0 Å². The van der Waals surface area contributed by atoms with Crippen molar-refractivity contribution in [2.45, 2.75) is 31.2 Å². The number of para-hydroxylation sites is 1. The average Bonchev–Trinajstić information content (AvgIpc) is 2.60. The number of carbonyl (C=O) groups is 1. The van der Waals surface area contributed by atoms with Crippen LogP contribution >= 0.6 is 12.4 Å². The summed E-state index contributed by atoms with van der Waals surface area (Å²) in [5, 5.41) is 11.1. The third-order valence-electron chi connectivity index (χ3n) is 4.27. The maximum absolute atomic E-state index is 12.8. The number of amides is 1. The lowest BCUT2D eigenvalue weighted by atomic mass is 10.0. The number of sulfonamides is 1. The maximum atomic E-state index is 12.8. The summed E-state index contributed by atoms with van der Waals surface area (Å²) in [6.07, 6.45) is 0.563. The van der Waals surface area contributed by atoms with Gasteiger partial charge in [-0.15, -0.1) is 12.4 Å². The van der Waals surface area contributed by atoms with Gasteiger partial charge in [0.25, 0.3) is 5.69 Å². The summed E-state index contributed by atoms with van der Waals surface area (Å²) >= 11 is 0. The van der Waals surface area contributed by atoms with Crippen molar-refractivity contribution in [2.75, 3.05) is 26.2 Å². The fraction of sp³-hybridized carbons (Fsp3) is 0.562. The molecule has 11 heteroatoms. The van der Waals surface area contributed by atoms with Gasteiger partial charge in [-0.2, -0.15) is 4.31 Å². The molecule has 1 heterocycles. The maximum Gasteiger partial charge on any atom is 0.289 e. The lowest BCUT2D eigenvalue weighted by Crippen LogP contribution is -2.54. The smallest absolute Gasteiger partial charge is 0.289 e. The minimum atomic E-state index is -4.00. The summed E-state index contributed by atoms with van der Waals surface area (Å²) < 4.78 is 26.7. The van der Waals surface area contributed by atoms with Gasteiger partial charge in [0.15, 0.2) is 4.90 Å². The van der Waals surface area contributed by atoms with Crippen LogP contribution in [0.15, 0.2) is 29.2 Å². The summed E-state index contributed by atoms with van der Waals surface area (Å²) in [5.41, 5.74) is 5.46. The number of nitrogens with zero attached hydrogens (tertiary/aromatic N) is 3. The van der Waals surface area contributed by atoms with Crippen LogP contribution < -0.4 is 5.73 Å². The summed E-state index contributed by atoms with van der Waals surface area (Å²) in [6.45, 7) is 4.53. The van der Waals surface area contributed by atoms with E-state index in [0.29, 0.717) is 6.42 Å². The van der Waals surface area contributed by atoms with Crippen LogP contribution in [-0.4, -0.2) is 60.7 Å². The second-order valence-corrected chi connectivity index (χ2v) is 8.60. The molecule has 0 unspecified atom stereocenters. The third kappa shape index (κ3) is 5.38. The Hall–Kier alpha value is -1.75. The zero-order chi connectivity index (χ0) is 19.5. The van der Waals surface area contributed by atoms with E-state index in [1.165, 1.54) is 22.5 Å². The molecular weight excluding hydrogens is 396 g/mol. The molecule has 2 rings (SSSR count). The third-order valence-corrected chi connectivity index (χ3v) is 6.22. The van der Waals surface area contributed by atoms with Crippen molar-refractivity contribution in [3.8, 4) is 0 Å². The molecule has 152 valence electrons. The van der Waals surface area contributed by atoms with Crippen molar-refractivity contribution in [3.63, 3.8) is 0 Å². The molecule has 0 spiro atoms. The Bertz CT molecular complexity index is 779. The van der Waals surface area contributed by atoms with Gasteiger partial charge in [0.2, 0.25) is 15.9 Å². The van der Waals surface area contributed by atoms with E-state index in [9.17, 15) is 23.3 Å². The molecule has 27 heavy (non-hydrogen) atoms. The van der Waals surface area contributed by atoms with Gasteiger partial charge in [0, 0.05) is 32.2 Å². The number of hydrogen-bond donors (Lipinski definition) is 1. The first kappa shape index (κ1) is 23.3. The molecule has 1 aliphatic rings. The first-order chi connectivity index (χ1) is 12.1. The van der Waals surface area contributed by atoms with Gasteiger partial charge in [0.1, 0.15) is 0 Å². The van der Waals surface area contributed by atoms with Gasteiger partial charge in [-0.1, -0.05) is 26.0 Å². The van der Waals surface area contributed by atoms with E-state index in [1.807, 2.05) is 13.8 Å². The molecule has 9 nitrogen and oxygen atoms in total. The van der Waals surface area contributed by atoms with Crippen LogP contribution in [0.4, 0.5) is 5.69 Å². The zero-order valence-corrected chi connectivity index (χ0v) is 16.9. The molecule has 0 aliphatic carbocycles. The molecule has 1 amide bonds. The molecule has 1 aliphatic heterocycles. The SMILES string of the molecule is CC(C)C[C@H](N)C(=O)N1CCN(S(=O)(=O)c2ccccc2[N+](=O)[O-])CC1.Cl. The summed E-state index contributed by atoms with van der Waals surface area (Å²) in [6, 6.07) is 4.66. The Labute approximate surface area is 165 Å². The Kier molecular flexibility index (Phi) is 8.15. The second-order valence-electron chi connectivity index (χ2n) is 6.69. The number of rotatable bonds is 6.